The molecule has 154 valence electrons. The summed E-state index contributed by atoms with van der Waals surface area (Å²) in [7, 11) is 6.09. The molecule has 29 heavy (non-hydrogen) atoms. The van der Waals surface area contributed by atoms with Crippen molar-refractivity contribution < 1.29 is 29.3 Å². The standard InChI is InChI=1S/C21H22ClNO6/c1-26-16-6-5-11(7-14(16)22)13-10-15(24)20(23-25)19(13)12-8-17(27-2)21(29-4)18(9-12)28-3/h5-9,15,24-25H,10H2,1-4H3. The van der Waals surface area contributed by atoms with E-state index in [-0.39, 0.29) is 12.1 Å². The molecule has 0 spiro atoms. The average molecular weight is 420 g/mol. The predicted molar refractivity (Wildman–Crippen MR) is 111 cm³/mol. The summed E-state index contributed by atoms with van der Waals surface area (Å²) in [5.41, 5.74) is 2.91. The highest BCUT2D eigenvalue weighted by atomic mass is 35.5. The molecule has 1 aliphatic carbocycles. The van der Waals surface area contributed by atoms with Gasteiger partial charge in [-0.2, -0.15) is 0 Å². The Hall–Kier alpha value is -2.90. The molecule has 8 heteroatoms. The molecule has 1 aliphatic rings. The summed E-state index contributed by atoms with van der Waals surface area (Å²) in [6.45, 7) is 0. The van der Waals surface area contributed by atoms with Gasteiger partial charge in [-0.05, 0) is 41.0 Å². The smallest absolute Gasteiger partial charge is 0.203 e. The molecule has 0 amide bonds. The van der Waals surface area contributed by atoms with E-state index in [4.69, 9.17) is 30.5 Å². The summed E-state index contributed by atoms with van der Waals surface area (Å²) < 4.78 is 21.5. The first-order chi connectivity index (χ1) is 14.0. The highest BCUT2D eigenvalue weighted by Crippen LogP contribution is 2.45. The summed E-state index contributed by atoms with van der Waals surface area (Å²) in [6.07, 6.45) is -0.710. The van der Waals surface area contributed by atoms with Gasteiger partial charge in [-0.3, -0.25) is 0 Å². The molecule has 0 saturated carbocycles. The molecular formula is C21H22ClNO6. The predicted octanol–water partition coefficient (Wildman–Crippen LogP) is 3.88. The van der Waals surface area contributed by atoms with Crippen LogP contribution >= 0.6 is 11.6 Å². The van der Waals surface area contributed by atoms with Crippen molar-refractivity contribution in [3.63, 3.8) is 0 Å². The van der Waals surface area contributed by atoms with Crippen molar-refractivity contribution in [2.24, 2.45) is 5.16 Å². The Morgan fingerprint density at radius 2 is 1.52 bits per heavy atom. The third-order valence-electron chi connectivity index (χ3n) is 4.83. The largest absolute Gasteiger partial charge is 0.495 e. The minimum absolute atomic E-state index is 0.154. The van der Waals surface area contributed by atoms with Crippen LogP contribution in [0, 0.1) is 0 Å². The SMILES string of the molecule is COc1ccc(C2=C(c3cc(OC)c(OC)c(OC)c3)C(=NO)C(O)C2)cc1Cl. The Morgan fingerprint density at radius 1 is 0.897 bits per heavy atom. The van der Waals surface area contributed by atoms with Crippen molar-refractivity contribution in [3.8, 4) is 23.0 Å². The van der Waals surface area contributed by atoms with Gasteiger partial charge in [0, 0.05) is 12.0 Å². The van der Waals surface area contributed by atoms with Crippen LogP contribution in [-0.4, -0.2) is 50.6 Å². The highest BCUT2D eigenvalue weighted by molar-refractivity contribution is 6.36. The highest BCUT2D eigenvalue weighted by Gasteiger charge is 2.33. The van der Waals surface area contributed by atoms with Gasteiger partial charge in [-0.1, -0.05) is 22.8 Å². The van der Waals surface area contributed by atoms with Gasteiger partial charge < -0.3 is 29.3 Å². The second-order valence-electron chi connectivity index (χ2n) is 6.32. The van der Waals surface area contributed by atoms with E-state index < -0.39 is 6.10 Å². The number of aliphatic hydroxyl groups excluding tert-OH is 1. The second kappa shape index (κ2) is 8.63. The number of nitrogens with zero attached hydrogens (tertiary/aromatic N) is 1. The first-order valence-electron chi connectivity index (χ1n) is 8.76. The van der Waals surface area contributed by atoms with Gasteiger partial charge in [0.2, 0.25) is 5.75 Å². The summed E-state index contributed by atoms with van der Waals surface area (Å²) in [5.74, 6) is 1.87. The van der Waals surface area contributed by atoms with Crippen LogP contribution in [0.15, 0.2) is 35.5 Å². The number of benzene rings is 2. The number of methoxy groups -OCH3 is 4. The molecule has 1 unspecified atom stereocenters. The van der Waals surface area contributed by atoms with Crippen LogP contribution in [0.2, 0.25) is 5.02 Å². The molecule has 0 heterocycles. The number of rotatable bonds is 6. The fourth-order valence-corrected chi connectivity index (χ4v) is 3.75. The van der Waals surface area contributed by atoms with Crippen molar-refractivity contribution in [3.05, 3.63) is 46.5 Å². The lowest BCUT2D eigenvalue weighted by Gasteiger charge is -2.16. The van der Waals surface area contributed by atoms with Gasteiger partial charge in [0.25, 0.3) is 0 Å². The van der Waals surface area contributed by atoms with E-state index in [1.165, 1.54) is 28.4 Å². The van der Waals surface area contributed by atoms with Crippen LogP contribution in [0.3, 0.4) is 0 Å². The molecule has 0 aromatic heterocycles. The maximum atomic E-state index is 10.5. The molecule has 0 radical (unpaired) electrons. The van der Waals surface area contributed by atoms with E-state index in [9.17, 15) is 10.3 Å². The van der Waals surface area contributed by atoms with Crippen molar-refractivity contribution in [2.75, 3.05) is 28.4 Å². The number of ether oxygens (including phenoxy) is 4. The van der Waals surface area contributed by atoms with Gasteiger partial charge >= 0.3 is 0 Å². The van der Waals surface area contributed by atoms with Crippen LogP contribution in [0.25, 0.3) is 11.1 Å². The Balaban J connectivity index is 2.27. The minimum atomic E-state index is -0.968. The fraction of sp³-hybridized carbons (Fsp3) is 0.286. The van der Waals surface area contributed by atoms with E-state index >= 15 is 0 Å². The lowest BCUT2D eigenvalue weighted by molar-refractivity contribution is 0.240. The number of hydrogen-bond acceptors (Lipinski definition) is 7. The Morgan fingerprint density at radius 3 is 2.00 bits per heavy atom. The summed E-state index contributed by atoms with van der Waals surface area (Å²) in [4.78, 5) is 0. The summed E-state index contributed by atoms with van der Waals surface area (Å²) >= 11 is 6.30. The van der Waals surface area contributed by atoms with Gasteiger partial charge in [0.05, 0.1) is 33.5 Å². The molecule has 2 N–H and O–H groups in total. The van der Waals surface area contributed by atoms with Gasteiger partial charge in [-0.25, -0.2) is 0 Å². The maximum Gasteiger partial charge on any atom is 0.203 e. The van der Waals surface area contributed by atoms with Crippen LogP contribution in [0.4, 0.5) is 0 Å². The first kappa shape index (κ1) is 20.8. The third kappa shape index (κ3) is 3.71. The molecule has 2 aromatic carbocycles. The van der Waals surface area contributed by atoms with E-state index in [0.29, 0.717) is 39.2 Å². The first-order valence-corrected chi connectivity index (χ1v) is 9.14. The maximum absolute atomic E-state index is 10.5. The zero-order chi connectivity index (χ0) is 21.1. The quantitative estimate of drug-likeness (QED) is 0.545. The van der Waals surface area contributed by atoms with Crippen LogP contribution < -0.4 is 18.9 Å². The van der Waals surface area contributed by atoms with E-state index in [1.807, 2.05) is 6.07 Å². The second-order valence-corrected chi connectivity index (χ2v) is 6.73. The van der Waals surface area contributed by atoms with Crippen molar-refractivity contribution in [1.82, 2.24) is 0 Å². The number of hydrogen-bond donors (Lipinski definition) is 2. The minimum Gasteiger partial charge on any atom is -0.495 e. The van der Waals surface area contributed by atoms with E-state index in [1.54, 1.807) is 24.3 Å². The monoisotopic (exact) mass is 419 g/mol. The molecule has 2 aromatic rings. The van der Waals surface area contributed by atoms with Crippen LogP contribution in [-0.2, 0) is 0 Å². The molecule has 7 nitrogen and oxygen atoms in total. The van der Waals surface area contributed by atoms with Gasteiger partial charge in [0.1, 0.15) is 17.6 Å². The molecule has 1 atom stereocenters. The van der Waals surface area contributed by atoms with Crippen molar-refractivity contribution in [1.29, 1.82) is 0 Å². The zero-order valence-corrected chi connectivity index (χ0v) is 17.3. The molecule has 0 bridgehead atoms. The Kier molecular flexibility index (Phi) is 6.20. The van der Waals surface area contributed by atoms with Crippen molar-refractivity contribution >= 4 is 28.5 Å². The van der Waals surface area contributed by atoms with E-state index in [2.05, 4.69) is 5.16 Å². The average Bonchev–Trinajstić information content (AvgIpc) is 3.08. The number of oxime groups is 1. The van der Waals surface area contributed by atoms with E-state index in [0.717, 1.165) is 11.1 Å². The van der Waals surface area contributed by atoms with Crippen LogP contribution in [0.1, 0.15) is 17.5 Å². The summed E-state index contributed by atoms with van der Waals surface area (Å²) in [6, 6.07) is 8.82. The lowest BCUT2D eigenvalue weighted by atomic mass is 9.95. The van der Waals surface area contributed by atoms with Crippen LogP contribution in [0.5, 0.6) is 23.0 Å². The third-order valence-corrected chi connectivity index (χ3v) is 5.13. The van der Waals surface area contributed by atoms with Gasteiger partial charge in [-0.15, -0.1) is 0 Å². The fourth-order valence-electron chi connectivity index (χ4n) is 3.49. The van der Waals surface area contributed by atoms with Gasteiger partial charge in [0.15, 0.2) is 11.5 Å². The Labute approximate surface area is 173 Å². The Bertz CT molecular complexity index is 960. The lowest BCUT2D eigenvalue weighted by Crippen LogP contribution is -2.15. The molecule has 3 rings (SSSR count). The normalized spacial score (nSPS) is 17.6. The number of aliphatic hydroxyl groups is 1. The molecule has 0 saturated heterocycles. The number of halogens is 1. The zero-order valence-electron chi connectivity index (χ0n) is 16.5. The molecule has 0 fully saturated rings. The topological polar surface area (TPSA) is 89.7 Å². The molecular weight excluding hydrogens is 398 g/mol. The summed E-state index contributed by atoms with van der Waals surface area (Å²) in [5, 5.41) is 23.9. The van der Waals surface area contributed by atoms with Crippen molar-refractivity contribution in [2.45, 2.75) is 12.5 Å². The molecule has 0 aliphatic heterocycles.